The molecule has 0 spiro atoms. The number of hydrogen-bond acceptors (Lipinski definition) is 4. The van der Waals surface area contributed by atoms with Crippen molar-refractivity contribution in [1.82, 2.24) is 0 Å². The lowest BCUT2D eigenvalue weighted by Crippen LogP contribution is -2.54. The van der Waals surface area contributed by atoms with E-state index in [1.165, 1.54) is 0 Å². The molecule has 2 aromatic carbocycles. The Bertz CT molecular complexity index is 617. The predicted molar refractivity (Wildman–Crippen MR) is 89.6 cm³/mol. The third kappa shape index (κ3) is 2.87. The highest BCUT2D eigenvalue weighted by atomic mass is 35.5. The van der Waals surface area contributed by atoms with Crippen molar-refractivity contribution in [3.05, 3.63) is 69.7 Å². The van der Waals surface area contributed by atoms with Gasteiger partial charge in [0, 0.05) is 21.2 Å². The number of aliphatic hydroxyl groups excluding tert-OH is 3. The molecule has 0 heterocycles. The van der Waals surface area contributed by atoms with Crippen LogP contribution in [-0.4, -0.2) is 40.2 Å². The average molecular weight is 357 g/mol. The number of rotatable bonds is 6. The van der Waals surface area contributed by atoms with Gasteiger partial charge in [0.25, 0.3) is 0 Å². The number of aliphatic hydroxyl groups is 4. The number of benzene rings is 2. The first-order valence-corrected chi connectivity index (χ1v) is 7.77. The highest BCUT2D eigenvalue weighted by Crippen LogP contribution is 2.48. The van der Waals surface area contributed by atoms with Gasteiger partial charge in [-0.25, -0.2) is 0 Å². The van der Waals surface area contributed by atoms with Gasteiger partial charge in [0.15, 0.2) is 0 Å². The Hall–Kier alpha value is -1.14. The van der Waals surface area contributed by atoms with E-state index in [-0.39, 0.29) is 21.2 Å². The first-order valence-electron chi connectivity index (χ1n) is 7.02. The van der Waals surface area contributed by atoms with E-state index in [1.807, 2.05) is 0 Å². The van der Waals surface area contributed by atoms with E-state index >= 15 is 0 Å². The molecule has 0 aliphatic carbocycles. The van der Waals surface area contributed by atoms with Crippen LogP contribution >= 0.6 is 23.2 Å². The molecule has 4 nitrogen and oxygen atoms in total. The fraction of sp³-hybridized carbons (Fsp3) is 0.294. The minimum atomic E-state index is -1.98. The molecular weight excluding hydrogens is 339 g/mol. The molecule has 4 N–H and O–H groups in total. The fourth-order valence-corrected chi connectivity index (χ4v) is 3.26. The zero-order chi connectivity index (χ0) is 17.1. The molecule has 0 aliphatic rings. The van der Waals surface area contributed by atoms with Crippen molar-refractivity contribution in [3.8, 4) is 0 Å². The summed E-state index contributed by atoms with van der Waals surface area (Å²) < 4.78 is 0. The largest absolute Gasteiger partial charge is 0.395 e. The van der Waals surface area contributed by atoms with Crippen molar-refractivity contribution in [1.29, 1.82) is 0 Å². The van der Waals surface area contributed by atoms with E-state index in [4.69, 9.17) is 23.2 Å². The van der Waals surface area contributed by atoms with E-state index < -0.39 is 30.8 Å². The quantitative estimate of drug-likeness (QED) is 0.639. The minimum absolute atomic E-state index is 0.231. The van der Waals surface area contributed by atoms with Crippen molar-refractivity contribution in [3.63, 3.8) is 0 Å². The SMILES string of the molecule is OCC(CO)(CO)C(O)(c1ccccc1Cl)c1ccccc1Cl. The smallest absolute Gasteiger partial charge is 0.130 e. The van der Waals surface area contributed by atoms with E-state index in [1.54, 1.807) is 48.5 Å². The molecule has 2 aromatic rings. The van der Waals surface area contributed by atoms with Gasteiger partial charge < -0.3 is 20.4 Å². The molecule has 0 amide bonds. The summed E-state index contributed by atoms with van der Waals surface area (Å²) in [5, 5.41) is 41.6. The maximum absolute atomic E-state index is 11.6. The van der Waals surface area contributed by atoms with Crippen molar-refractivity contribution < 1.29 is 20.4 Å². The lowest BCUT2D eigenvalue weighted by Gasteiger charge is -2.45. The minimum Gasteiger partial charge on any atom is -0.395 e. The molecule has 0 atom stereocenters. The maximum atomic E-state index is 11.6. The Morgan fingerprint density at radius 1 is 0.696 bits per heavy atom. The Labute approximate surface area is 144 Å². The van der Waals surface area contributed by atoms with Gasteiger partial charge in [-0.3, -0.25) is 0 Å². The third-order valence-electron chi connectivity index (χ3n) is 4.20. The molecule has 0 saturated heterocycles. The Morgan fingerprint density at radius 2 is 1.04 bits per heavy atom. The summed E-state index contributed by atoms with van der Waals surface area (Å²) in [4.78, 5) is 0. The normalized spacial score (nSPS) is 12.4. The van der Waals surface area contributed by atoms with Gasteiger partial charge in [0.1, 0.15) is 5.60 Å². The first-order chi connectivity index (χ1) is 11.0. The number of hydrogen-bond donors (Lipinski definition) is 4. The molecule has 0 radical (unpaired) electrons. The molecular formula is C17H18Cl2O4. The molecule has 0 unspecified atom stereocenters. The van der Waals surface area contributed by atoms with Crippen molar-refractivity contribution in [2.24, 2.45) is 5.41 Å². The highest BCUT2D eigenvalue weighted by molar-refractivity contribution is 6.32. The van der Waals surface area contributed by atoms with Crippen LogP contribution in [0.15, 0.2) is 48.5 Å². The molecule has 0 fully saturated rings. The Morgan fingerprint density at radius 3 is 1.35 bits per heavy atom. The van der Waals surface area contributed by atoms with Crippen LogP contribution in [-0.2, 0) is 5.60 Å². The van der Waals surface area contributed by atoms with Gasteiger partial charge in [-0.15, -0.1) is 0 Å². The summed E-state index contributed by atoms with van der Waals surface area (Å²) in [6.07, 6.45) is 0. The Balaban J connectivity index is 2.85. The third-order valence-corrected chi connectivity index (χ3v) is 4.86. The Kier molecular flexibility index (Phi) is 5.68. The van der Waals surface area contributed by atoms with Crippen LogP contribution < -0.4 is 0 Å². The van der Waals surface area contributed by atoms with Crippen LogP contribution in [0.25, 0.3) is 0 Å². The molecule has 124 valence electrons. The first kappa shape index (κ1) is 18.2. The second kappa shape index (κ2) is 7.18. The van der Waals surface area contributed by atoms with Crippen LogP contribution in [0.2, 0.25) is 10.0 Å². The maximum Gasteiger partial charge on any atom is 0.130 e. The van der Waals surface area contributed by atoms with Crippen LogP contribution in [0.1, 0.15) is 11.1 Å². The van der Waals surface area contributed by atoms with Crippen LogP contribution in [0.5, 0.6) is 0 Å². The zero-order valence-electron chi connectivity index (χ0n) is 12.3. The molecule has 0 aromatic heterocycles. The predicted octanol–water partition coefficient (Wildman–Crippen LogP) is 2.19. The van der Waals surface area contributed by atoms with E-state index in [0.29, 0.717) is 0 Å². The topological polar surface area (TPSA) is 80.9 Å². The van der Waals surface area contributed by atoms with Gasteiger partial charge in [-0.1, -0.05) is 59.6 Å². The van der Waals surface area contributed by atoms with Crippen LogP contribution in [0.4, 0.5) is 0 Å². The molecule has 0 saturated carbocycles. The average Bonchev–Trinajstić information content (AvgIpc) is 2.57. The molecule has 0 bridgehead atoms. The summed E-state index contributed by atoms with van der Waals surface area (Å²) in [6, 6.07) is 13.0. The molecule has 23 heavy (non-hydrogen) atoms. The van der Waals surface area contributed by atoms with Gasteiger partial charge in [-0.2, -0.15) is 0 Å². The van der Waals surface area contributed by atoms with Crippen LogP contribution in [0, 0.1) is 5.41 Å². The van der Waals surface area contributed by atoms with Crippen molar-refractivity contribution in [2.45, 2.75) is 5.60 Å². The van der Waals surface area contributed by atoms with E-state index in [0.717, 1.165) is 0 Å². The van der Waals surface area contributed by atoms with E-state index in [2.05, 4.69) is 0 Å². The standard InChI is InChI=1S/C17H18Cl2O4/c18-14-7-3-1-5-12(14)17(23,16(9-20,10-21)11-22)13-6-2-4-8-15(13)19/h1-8,20-23H,9-11H2. The van der Waals surface area contributed by atoms with E-state index in [9.17, 15) is 20.4 Å². The fourth-order valence-electron chi connectivity index (χ4n) is 2.72. The second-order valence-corrected chi connectivity index (χ2v) is 6.24. The summed E-state index contributed by atoms with van der Waals surface area (Å²) in [5.41, 5.74) is -3.18. The summed E-state index contributed by atoms with van der Waals surface area (Å²) >= 11 is 12.5. The summed E-state index contributed by atoms with van der Waals surface area (Å²) in [5.74, 6) is 0. The van der Waals surface area contributed by atoms with Gasteiger partial charge in [-0.05, 0) is 12.1 Å². The molecule has 6 heteroatoms. The highest BCUT2D eigenvalue weighted by Gasteiger charge is 2.53. The van der Waals surface area contributed by atoms with Gasteiger partial charge in [0.2, 0.25) is 0 Å². The second-order valence-electron chi connectivity index (χ2n) is 5.42. The van der Waals surface area contributed by atoms with Crippen LogP contribution in [0.3, 0.4) is 0 Å². The van der Waals surface area contributed by atoms with Gasteiger partial charge in [0.05, 0.1) is 25.2 Å². The zero-order valence-corrected chi connectivity index (χ0v) is 13.8. The monoisotopic (exact) mass is 356 g/mol. The number of halogens is 2. The van der Waals surface area contributed by atoms with Crippen molar-refractivity contribution in [2.75, 3.05) is 19.8 Å². The summed E-state index contributed by atoms with van der Waals surface area (Å²) in [6.45, 7) is -2.02. The molecule has 0 aliphatic heterocycles. The van der Waals surface area contributed by atoms with Crippen molar-refractivity contribution >= 4 is 23.2 Å². The molecule has 2 rings (SSSR count). The van der Waals surface area contributed by atoms with Gasteiger partial charge >= 0.3 is 0 Å². The lowest BCUT2D eigenvalue weighted by atomic mass is 9.66. The lowest BCUT2D eigenvalue weighted by molar-refractivity contribution is -0.135. The summed E-state index contributed by atoms with van der Waals surface area (Å²) in [7, 11) is 0.